The van der Waals surface area contributed by atoms with E-state index in [1.165, 1.54) is 31.4 Å². The molecule has 2 bridgehead atoms. The van der Waals surface area contributed by atoms with E-state index >= 15 is 0 Å². The molecule has 30 heavy (non-hydrogen) atoms. The molecule has 0 radical (unpaired) electrons. The van der Waals surface area contributed by atoms with Crippen LogP contribution in [-0.4, -0.2) is 57.9 Å². The Balaban J connectivity index is 1.20. The Morgan fingerprint density at radius 1 is 0.967 bits per heavy atom. The number of fused-ring (bicyclic) bond motifs is 3. The van der Waals surface area contributed by atoms with Gasteiger partial charge in [0.05, 0.1) is 17.6 Å². The van der Waals surface area contributed by atoms with Crippen LogP contribution in [0, 0.1) is 11.8 Å². The van der Waals surface area contributed by atoms with E-state index in [0.29, 0.717) is 12.0 Å². The van der Waals surface area contributed by atoms with Crippen molar-refractivity contribution in [3.63, 3.8) is 0 Å². The van der Waals surface area contributed by atoms with E-state index in [1.807, 2.05) is 12.4 Å². The monoisotopic (exact) mass is 403 g/mol. The van der Waals surface area contributed by atoms with Gasteiger partial charge >= 0.3 is 0 Å². The Morgan fingerprint density at radius 2 is 1.80 bits per heavy atom. The molecular formula is C23H29N7. The third-order valence-corrected chi connectivity index (χ3v) is 7.34. The summed E-state index contributed by atoms with van der Waals surface area (Å²) in [5, 5.41) is 9.10. The zero-order valence-corrected chi connectivity index (χ0v) is 17.5. The van der Waals surface area contributed by atoms with E-state index in [2.05, 4.69) is 56.1 Å². The summed E-state index contributed by atoms with van der Waals surface area (Å²) >= 11 is 0. The summed E-state index contributed by atoms with van der Waals surface area (Å²) in [4.78, 5) is 14.2. The fourth-order valence-electron chi connectivity index (χ4n) is 5.60. The second kappa shape index (κ2) is 7.23. The molecule has 3 heterocycles. The molecule has 1 unspecified atom stereocenters. The average Bonchev–Trinajstić information content (AvgIpc) is 3.50. The predicted octanol–water partition coefficient (Wildman–Crippen LogP) is 3.68. The minimum Gasteiger partial charge on any atom is -0.369 e. The third kappa shape index (κ3) is 3.21. The zero-order valence-electron chi connectivity index (χ0n) is 17.5. The van der Waals surface area contributed by atoms with Gasteiger partial charge in [-0.15, -0.1) is 0 Å². The molecular weight excluding hydrogens is 374 g/mol. The van der Waals surface area contributed by atoms with Crippen LogP contribution in [0.1, 0.15) is 31.7 Å². The van der Waals surface area contributed by atoms with Gasteiger partial charge in [0.15, 0.2) is 5.65 Å². The first-order valence-corrected chi connectivity index (χ1v) is 11.2. The van der Waals surface area contributed by atoms with Crippen molar-refractivity contribution in [1.82, 2.24) is 24.6 Å². The topological polar surface area (TPSA) is 62.1 Å². The highest BCUT2D eigenvalue weighted by Gasteiger charge is 2.41. The van der Waals surface area contributed by atoms with Crippen LogP contribution in [0.25, 0.3) is 11.0 Å². The number of likely N-dealkylation sites (N-methyl/N-ethyl adjacent to an activating group) is 1. The molecule has 7 nitrogen and oxygen atoms in total. The molecule has 3 aromatic rings. The number of nitrogens with zero attached hydrogens (tertiary/aromatic N) is 6. The lowest BCUT2D eigenvalue weighted by Crippen LogP contribution is -2.44. The van der Waals surface area contributed by atoms with Crippen molar-refractivity contribution in [3.8, 4) is 0 Å². The van der Waals surface area contributed by atoms with Crippen LogP contribution in [0.3, 0.4) is 0 Å². The van der Waals surface area contributed by atoms with Crippen molar-refractivity contribution in [1.29, 1.82) is 0 Å². The summed E-state index contributed by atoms with van der Waals surface area (Å²) in [6, 6.07) is 9.12. The molecule has 3 fully saturated rings. The normalized spacial score (nSPS) is 26.6. The van der Waals surface area contributed by atoms with Crippen molar-refractivity contribution < 1.29 is 0 Å². The Bertz CT molecular complexity index is 1040. The second-order valence-corrected chi connectivity index (χ2v) is 9.27. The number of aromatic nitrogens is 4. The molecule has 2 aromatic heterocycles. The molecule has 7 heteroatoms. The summed E-state index contributed by atoms with van der Waals surface area (Å²) in [6.07, 6.45) is 9.15. The maximum absolute atomic E-state index is 4.84. The Kier molecular flexibility index (Phi) is 4.37. The van der Waals surface area contributed by atoms with Crippen LogP contribution in [0.15, 0.2) is 36.7 Å². The lowest BCUT2D eigenvalue weighted by Gasteiger charge is -2.34. The lowest BCUT2D eigenvalue weighted by molar-refractivity contribution is 0.313. The zero-order chi connectivity index (χ0) is 20.1. The number of rotatable bonds is 4. The summed E-state index contributed by atoms with van der Waals surface area (Å²) in [7, 11) is 2.18. The molecule has 0 spiro atoms. The van der Waals surface area contributed by atoms with Crippen molar-refractivity contribution in [2.45, 2.75) is 31.7 Å². The lowest BCUT2D eigenvalue weighted by atomic mass is 9.95. The number of piperazine rings is 1. The maximum Gasteiger partial charge on any atom is 0.229 e. The van der Waals surface area contributed by atoms with E-state index in [4.69, 9.17) is 10.1 Å². The van der Waals surface area contributed by atoms with Gasteiger partial charge < -0.3 is 15.1 Å². The van der Waals surface area contributed by atoms with E-state index in [1.54, 1.807) is 0 Å². The van der Waals surface area contributed by atoms with Gasteiger partial charge in [-0.05, 0) is 62.4 Å². The summed E-state index contributed by atoms with van der Waals surface area (Å²) in [5.41, 5.74) is 3.25. The van der Waals surface area contributed by atoms with Crippen LogP contribution in [0.5, 0.6) is 0 Å². The van der Waals surface area contributed by atoms with Crippen LogP contribution in [0.4, 0.5) is 17.3 Å². The summed E-state index contributed by atoms with van der Waals surface area (Å²) in [6.45, 7) is 4.39. The van der Waals surface area contributed by atoms with Crippen molar-refractivity contribution in [3.05, 3.63) is 36.7 Å². The number of nitrogens with one attached hydrogen (secondary N) is 1. The Morgan fingerprint density at radius 3 is 2.53 bits per heavy atom. The van der Waals surface area contributed by atoms with Gasteiger partial charge in [-0.2, -0.15) is 10.1 Å². The Labute approximate surface area is 177 Å². The van der Waals surface area contributed by atoms with Gasteiger partial charge in [-0.25, -0.2) is 9.67 Å². The van der Waals surface area contributed by atoms with E-state index in [-0.39, 0.29) is 0 Å². The summed E-state index contributed by atoms with van der Waals surface area (Å²) < 4.78 is 2.17. The number of hydrogen-bond acceptors (Lipinski definition) is 6. The van der Waals surface area contributed by atoms with Gasteiger partial charge in [0, 0.05) is 43.8 Å². The first kappa shape index (κ1) is 18.1. The molecule has 156 valence electrons. The SMILES string of the molecule is CN1CCN(c2ccc(Nc3ncc4cnn(C5C[C@@H]6CC[C@H]5C6)c4n3)cc2)CC1. The van der Waals surface area contributed by atoms with Crippen LogP contribution in [0.2, 0.25) is 0 Å². The highest BCUT2D eigenvalue weighted by atomic mass is 15.3. The minimum atomic E-state index is 0.506. The highest BCUT2D eigenvalue weighted by molar-refractivity contribution is 5.75. The van der Waals surface area contributed by atoms with E-state index < -0.39 is 0 Å². The van der Waals surface area contributed by atoms with Crippen molar-refractivity contribution in [2.24, 2.45) is 11.8 Å². The van der Waals surface area contributed by atoms with Gasteiger partial charge in [-0.1, -0.05) is 6.42 Å². The van der Waals surface area contributed by atoms with Crippen molar-refractivity contribution >= 4 is 28.4 Å². The largest absolute Gasteiger partial charge is 0.369 e. The molecule has 2 aliphatic carbocycles. The molecule has 3 aliphatic rings. The van der Waals surface area contributed by atoms with Gasteiger partial charge in [0.1, 0.15) is 0 Å². The van der Waals surface area contributed by atoms with Gasteiger partial charge in [0.2, 0.25) is 5.95 Å². The highest BCUT2D eigenvalue weighted by Crippen LogP contribution is 2.50. The van der Waals surface area contributed by atoms with Crippen molar-refractivity contribution in [2.75, 3.05) is 43.4 Å². The van der Waals surface area contributed by atoms with E-state index in [9.17, 15) is 0 Å². The third-order valence-electron chi connectivity index (χ3n) is 7.34. The molecule has 1 aliphatic heterocycles. The molecule has 0 amide bonds. The fraction of sp³-hybridized carbons (Fsp3) is 0.522. The average molecular weight is 404 g/mol. The van der Waals surface area contributed by atoms with Crippen LogP contribution in [-0.2, 0) is 0 Å². The van der Waals surface area contributed by atoms with Crippen LogP contribution < -0.4 is 10.2 Å². The quantitative estimate of drug-likeness (QED) is 0.717. The van der Waals surface area contributed by atoms with Crippen LogP contribution >= 0.6 is 0 Å². The smallest absolute Gasteiger partial charge is 0.229 e. The fourth-order valence-corrected chi connectivity index (χ4v) is 5.60. The van der Waals surface area contributed by atoms with E-state index in [0.717, 1.165) is 54.7 Å². The second-order valence-electron chi connectivity index (χ2n) is 9.27. The first-order chi connectivity index (χ1) is 14.7. The molecule has 3 atom stereocenters. The van der Waals surface area contributed by atoms with Gasteiger partial charge in [-0.3, -0.25) is 0 Å². The summed E-state index contributed by atoms with van der Waals surface area (Å²) in [5.74, 6) is 2.30. The standard InChI is InChI=1S/C23H29N7/c1-28-8-10-29(11-9-28)20-6-4-19(5-7-20)26-23-24-14-18-15-25-30(22(18)27-23)21-13-16-2-3-17(21)12-16/h4-7,14-17,21H,2-3,8-13H2,1H3,(H,24,26,27)/t16-,17+,21?/m1/s1. The Hall–Kier alpha value is -2.67. The first-order valence-electron chi connectivity index (χ1n) is 11.2. The molecule has 1 aromatic carbocycles. The van der Waals surface area contributed by atoms with Gasteiger partial charge in [0.25, 0.3) is 0 Å². The number of anilines is 3. The molecule has 6 rings (SSSR count). The maximum atomic E-state index is 4.84. The molecule has 2 saturated carbocycles. The molecule has 1 saturated heterocycles. The number of benzene rings is 1. The molecule has 1 N–H and O–H groups in total. The number of hydrogen-bond donors (Lipinski definition) is 1. The minimum absolute atomic E-state index is 0.506. The predicted molar refractivity (Wildman–Crippen MR) is 119 cm³/mol.